The van der Waals surface area contributed by atoms with Crippen LogP contribution in [0.1, 0.15) is 0 Å². The van der Waals surface area contributed by atoms with E-state index < -0.39 is 11.1 Å². The SMILES string of the molecule is O=S([O-])c1ccc(Oc2ccc(F)cc2)c(Br)c1.[Na+]. The quantitative estimate of drug-likeness (QED) is 0.601. The van der Waals surface area contributed by atoms with Crippen molar-refractivity contribution in [1.29, 1.82) is 0 Å². The van der Waals surface area contributed by atoms with Gasteiger partial charge in [-0.05, 0) is 69.5 Å². The van der Waals surface area contributed by atoms with Crippen molar-refractivity contribution in [3.8, 4) is 11.5 Å². The van der Waals surface area contributed by atoms with E-state index in [1.165, 1.54) is 42.5 Å². The predicted octanol–water partition coefficient (Wildman–Crippen LogP) is 0.623. The van der Waals surface area contributed by atoms with Crippen LogP contribution in [0.25, 0.3) is 0 Å². The minimum Gasteiger partial charge on any atom is -0.768 e. The molecule has 1 atom stereocenters. The van der Waals surface area contributed by atoms with Crippen LogP contribution in [-0.4, -0.2) is 8.76 Å². The summed E-state index contributed by atoms with van der Waals surface area (Å²) in [6, 6.07) is 9.92. The summed E-state index contributed by atoms with van der Waals surface area (Å²) in [5, 5.41) is 0. The van der Waals surface area contributed by atoms with Crippen LogP contribution in [0, 0.1) is 5.82 Å². The number of halogens is 2. The topological polar surface area (TPSA) is 49.4 Å². The van der Waals surface area contributed by atoms with Crippen molar-refractivity contribution >= 4 is 27.0 Å². The van der Waals surface area contributed by atoms with E-state index in [0.717, 1.165) is 0 Å². The smallest absolute Gasteiger partial charge is 0.768 e. The zero-order chi connectivity index (χ0) is 13.1. The van der Waals surface area contributed by atoms with Gasteiger partial charge in [0.15, 0.2) is 0 Å². The van der Waals surface area contributed by atoms with Crippen molar-refractivity contribution in [3.63, 3.8) is 0 Å². The van der Waals surface area contributed by atoms with Gasteiger partial charge in [-0.15, -0.1) is 0 Å². The van der Waals surface area contributed by atoms with Gasteiger partial charge in [-0.2, -0.15) is 0 Å². The Bertz CT molecular complexity index is 592. The molecule has 0 aliphatic heterocycles. The number of rotatable bonds is 3. The molecule has 1 unspecified atom stereocenters. The van der Waals surface area contributed by atoms with E-state index in [1.807, 2.05) is 0 Å². The molecule has 0 saturated heterocycles. The molecule has 19 heavy (non-hydrogen) atoms. The first-order valence-corrected chi connectivity index (χ1v) is 6.75. The van der Waals surface area contributed by atoms with Gasteiger partial charge < -0.3 is 9.29 Å². The molecule has 0 bridgehead atoms. The maximum atomic E-state index is 12.7. The molecule has 2 rings (SSSR count). The van der Waals surface area contributed by atoms with Gasteiger partial charge in [0.1, 0.15) is 17.3 Å². The fourth-order valence-electron chi connectivity index (χ4n) is 1.30. The van der Waals surface area contributed by atoms with Gasteiger partial charge in [-0.1, -0.05) is 0 Å². The monoisotopic (exact) mass is 352 g/mol. The fourth-order valence-corrected chi connectivity index (χ4v) is 2.30. The van der Waals surface area contributed by atoms with Crippen molar-refractivity contribution in [1.82, 2.24) is 0 Å². The maximum absolute atomic E-state index is 12.7. The van der Waals surface area contributed by atoms with Gasteiger partial charge >= 0.3 is 29.6 Å². The molecule has 0 saturated carbocycles. The summed E-state index contributed by atoms with van der Waals surface area (Å²) in [5.74, 6) is 0.572. The van der Waals surface area contributed by atoms with E-state index >= 15 is 0 Å². The summed E-state index contributed by atoms with van der Waals surface area (Å²) in [6.07, 6.45) is 0. The van der Waals surface area contributed by atoms with Crippen LogP contribution >= 0.6 is 15.9 Å². The van der Waals surface area contributed by atoms with Crippen LogP contribution in [-0.2, 0) is 11.1 Å². The van der Waals surface area contributed by atoms with Crippen molar-refractivity contribution in [2.45, 2.75) is 4.90 Å². The molecule has 2 aromatic carbocycles. The maximum Gasteiger partial charge on any atom is 1.00 e. The van der Waals surface area contributed by atoms with E-state index in [-0.39, 0.29) is 40.3 Å². The van der Waals surface area contributed by atoms with E-state index in [9.17, 15) is 13.2 Å². The molecule has 7 heteroatoms. The molecule has 0 aliphatic rings. The van der Waals surface area contributed by atoms with E-state index in [1.54, 1.807) is 0 Å². The van der Waals surface area contributed by atoms with Gasteiger partial charge in [0.2, 0.25) is 0 Å². The second-order valence-electron chi connectivity index (χ2n) is 3.38. The predicted molar refractivity (Wildman–Crippen MR) is 67.8 cm³/mol. The Morgan fingerprint density at radius 3 is 2.32 bits per heavy atom. The molecule has 0 fully saturated rings. The van der Waals surface area contributed by atoms with Crippen LogP contribution in [0.5, 0.6) is 11.5 Å². The van der Waals surface area contributed by atoms with Gasteiger partial charge in [-0.25, -0.2) is 4.39 Å². The Morgan fingerprint density at radius 1 is 1.16 bits per heavy atom. The molecule has 0 radical (unpaired) electrons. The zero-order valence-electron chi connectivity index (χ0n) is 9.93. The summed E-state index contributed by atoms with van der Waals surface area (Å²) in [5.41, 5.74) is 0. The van der Waals surface area contributed by atoms with Crippen LogP contribution in [0.15, 0.2) is 51.8 Å². The Balaban J connectivity index is 0.00000180. The summed E-state index contributed by atoms with van der Waals surface area (Å²) in [6.45, 7) is 0. The Labute approximate surface area is 142 Å². The second kappa shape index (κ2) is 7.52. The van der Waals surface area contributed by atoms with Crippen LogP contribution in [0.4, 0.5) is 4.39 Å². The Morgan fingerprint density at radius 2 is 1.79 bits per heavy atom. The molecular formula is C12H7BrFNaO3S. The zero-order valence-corrected chi connectivity index (χ0v) is 14.3. The number of benzene rings is 2. The van der Waals surface area contributed by atoms with E-state index in [2.05, 4.69) is 15.9 Å². The molecule has 94 valence electrons. The standard InChI is InChI=1S/C12H8BrFO3S.Na/c13-11-7-10(18(15)16)5-6-12(11)17-9-3-1-8(14)2-4-9;/h1-7H,(H,15,16);/q;+1/p-1. The van der Waals surface area contributed by atoms with Gasteiger partial charge in [0.05, 0.1) is 4.47 Å². The molecule has 0 aromatic heterocycles. The van der Waals surface area contributed by atoms with Gasteiger partial charge in [-0.3, -0.25) is 4.21 Å². The number of ether oxygens (including phenoxy) is 1. The van der Waals surface area contributed by atoms with E-state index in [4.69, 9.17) is 4.74 Å². The average molecular weight is 353 g/mol. The van der Waals surface area contributed by atoms with Gasteiger partial charge in [0.25, 0.3) is 0 Å². The van der Waals surface area contributed by atoms with Gasteiger partial charge in [0, 0.05) is 4.90 Å². The third-order valence-electron chi connectivity index (χ3n) is 2.14. The third kappa shape index (κ3) is 4.66. The Kier molecular flexibility index (Phi) is 6.65. The first kappa shape index (κ1) is 16.8. The van der Waals surface area contributed by atoms with Crippen molar-refractivity contribution in [2.24, 2.45) is 0 Å². The van der Waals surface area contributed by atoms with Crippen LogP contribution in [0.3, 0.4) is 0 Å². The molecule has 0 spiro atoms. The second-order valence-corrected chi connectivity index (χ2v) is 5.18. The van der Waals surface area contributed by atoms with Crippen molar-refractivity contribution in [3.05, 3.63) is 52.8 Å². The Hall–Kier alpha value is -0.240. The molecule has 3 nitrogen and oxygen atoms in total. The molecule has 0 aliphatic carbocycles. The molecule has 0 heterocycles. The average Bonchev–Trinajstić information content (AvgIpc) is 2.34. The molecule has 0 N–H and O–H groups in total. The normalized spacial score (nSPS) is 11.5. The molecule has 0 amide bonds. The third-order valence-corrected chi connectivity index (χ3v) is 3.40. The van der Waals surface area contributed by atoms with E-state index in [0.29, 0.717) is 16.0 Å². The minimum atomic E-state index is -2.28. The first-order valence-electron chi connectivity index (χ1n) is 4.88. The first-order chi connectivity index (χ1) is 8.56. The largest absolute Gasteiger partial charge is 1.00 e. The molecular weight excluding hydrogens is 346 g/mol. The minimum absolute atomic E-state index is 0. The molecule has 2 aromatic rings. The summed E-state index contributed by atoms with van der Waals surface area (Å²) >= 11 is 0.933. The van der Waals surface area contributed by atoms with Crippen LogP contribution in [0.2, 0.25) is 0 Å². The van der Waals surface area contributed by atoms with Crippen molar-refractivity contribution in [2.75, 3.05) is 0 Å². The number of hydrogen-bond acceptors (Lipinski definition) is 3. The number of hydrogen-bond donors (Lipinski definition) is 0. The summed E-state index contributed by atoms with van der Waals surface area (Å²) in [7, 11) is 0. The van der Waals surface area contributed by atoms with Crippen molar-refractivity contribution < 1.29 is 47.4 Å². The summed E-state index contributed by atoms with van der Waals surface area (Å²) in [4.78, 5) is 0.160. The van der Waals surface area contributed by atoms with Crippen LogP contribution < -0.4 is 34.3 Å². The fraction of sp³-hybridized carbons (Fsp3) is 0. The summed E-state index contributed by atoms with van der Waals surface area (Å²) < 4.78 is 40.2.